The highest BCUT2D eigenvalue weighted by molar-refractivity contribution is 5.20. The van der Waals surface area contributed by atoms with E-state index in [1.165, 1.54) is 6.07 Å². The van der Waals surface area contributed by atoms with Gasteiger partial charge in [0, 0.05) is 0 Å². The van der Waals surface area contributed by atoms with Gasteiger partial charge >= 0.3 is 0 Å². The molecule has 17 heavy (non-hydrogen) atoms. The Bertz CT molecular complexity index is 496. The van der Waals surface area contributed by atoms with E-state index in [1.54, 1.807) is 24.4 Å². The van der Waals surface area contributed by atoms with Crippen LogP contribution in [-0.2, 0) is 6.42 Å². The molecule has 0 aliphatic carbocycles. The molecular weight excluding hydrogens is 219 g/mol. The molecule has 2 aromatic rings. The first-order valence-electron chi connectivity index (χ1n) is 5.56. The first-order chi connectivity index (χ1) is 8.20. The Morgan fingerprint density at radius 2 is 2.18 bits per heavy atom. The molecule has 4 heteroatoms. The van der Waals surface area contributed by atoms with Gasteiger partial charge in [-0.15, -0.1) is 0 Å². The Hall–Kier alpha value is -1.68. The fourth-order valence-electron chi connectivity index (χ4n) is 1.55. The van der Waals surface area contributed by atoms with Gasteiger partial charge in [0.15, 0.2) is 5.89 Å². The van der Waals surface area contributed by atoms with Gasteiger partial charge in [-0.25, -0.2) is 9.37 Å². The highest BCUT2D eigenvalue weighted by Crippen LogP contribution is 2.17. The van der Waals surface area contributed by atoms with Crippen LogP contribution in [0.2, 0.25) is 0 Å². The van der Waals surface area contributed by atoms with Crippen LogP contribution in [0.1, 0.15) is 30.2 Å². The van der Waals surface area contributed by atoms with Crippen molar-refractivity contribution in [2.24, 2.45) is 0 Å². The lowest BCUT2D eigenvalue weighted by molar-refractivity contribution is 0.418. The monoisotopic (exact) mass is 234 g/mol. The van der Waals surface area contributed by atoms with Gasteiger partial charge in [-0.2, -0.15) is 0 Å². The standard InChI is InChI=1S/C13H15FN2O/c1-9(15-2)12-8-16-13(17-12)7-10-5-3-4-6-11(10)14/h3-6,8-9,15H,7H2,1-2H3. The SMILES string of the molecule is CNC(C)c1cnc(Cc2ccccc2F)o1. The highest BCUT2D eigenvalue weighted by Gasteiger charge is 2.11. The summed E-state index contributed by atoms with van der Waals surface area (Å²) in [5.41, 5.74) is 0.595. The van der Waals surface area contributed by atoms with Crippen LogP contribution in [0.3, 0.4) is 0 Å². The zero-order valence-corrected chi connectivity index (χ0v) is 9.90. The van der Waals surface area contributed by atoms with Gasteiger partial charge in [0.1, 0.15) is 11.6 Å². The third-order valence-corrected chi connectivity index (χ3v) is 2.73. The molecule has 1 unspecified atom stereocenters. The topological polar surface area (TPSA) is 38.1 Å². The van der Waals surface area contributed by atoms with Crippen LogP contribution in [0.5, 0.6) is 0 Å². The molecule has 0 spiro atoms. The molecule has 1 heterocycles. The maximum absolute atomic E-state index is 13.4. The van der Waals surface area contributed by atoms with Crippen molar-refractivity contribution in [3.05, 3.63) is 53.5 Å². The number of benzene rings is 1. The summed E-state index contributed by atoms with van der Waals surface area (Å²) in [7, 11) is 1.85. The summed E-state index contributed by atoms with van der Waals surface area (Å²) in [6, 6.07) is 6.76. The average Bonchev–Trinajstić information content (AvgIpc) is 2.80. The second-order valence-electron chi connectivity index (χ2n) is 3.93. The van der Waals surface area contributed by atoms with Gasteiger partial charge < -0.3 is 9.73 Å². The van der Waals surface area contributed by atoms with Crippen LogP contribution >= 0.6 is 0 Å². The Labute approximate surface area is 99.7 Å². The Balaban J connectivity index is 2.14. The molecule has 0 fully saturated rings. The largest absolute Gasteiger partial charge is 0.444 e. The smallest absolute Gasteiger partial charge is 0.198 e. The summed E-state index contributed by atoms with van der Waals surface area (Å²) in [6.07, 6.45) is 2.06. The van der Waals surface area contributed by atoms with Crippen molar-refractivity contribution in [1.82, 2.24) is 10.3 Å². The van der Waals surface area contributed by atoms with Gasteiger partial charge in [0.05, 0.1) is 18.7 Å². The first-order valence-corrected chi connectivity index (χ1v) is 5.56. The normalized spacial score (nSPS) is 12.6. The van der Waals surface area contributed by atoms with E-state index in [-0.39, 0.29) is 11.9 Å². The van der Waals surface area contributed by atoms with Crippen molar-refractivity contribution < 1.29 is 8.81 Å². The van der Waals surface area contributed by atoms with E-state index in [1.807, 2.05) is 14.0 Å². The van der Waals surface area contributed by atoms with E-state index in [9.17, 15) is 4.39 Å². The van der Waals surface area contributed by atoms with Gasteiger partial charge in [0.25, 0.3) is 0 Å². The molecule has 1 aromatic heterocycles. The molecule has 3 nitrogen and oxygen atoms in total. The van der Waals surface area contributed by atoms with Gasteiger partial charge in [0.2, 0.25) is 0 Å². The number of halogens is 1. The zero-order chi connectivity index (χ0) is 12.3. The van der Waals surface area contributed by atoms with Crippen LogP contribution in [0, 0.1) is 5.82 Å². The summed E-state index contributed by atoms with van der Waals surface area (Å²) in [5, 5.41) is 3.06. The molecule has 2 rings (SSSR count). The molecular formula is C13H15FN2O. The van der Waals surface area contributed by atoms with Gasteiger partial charge in [-0.1, -0.05) is 18.2 Å². The van der Waals surface area contributed by atoms with E-state index in [0.29, 0.717) is 17.9 Å². The number of nitrogens with zero attached hydrogens (tertiary/aromatic N) is 1. The second kappa shape index (κ2) is 5.10. The quantitative estimate of drug-likeness (QED) is 0.883. The summed E-state index contributed by atoms with van der Waals surface area (Å²) >= 11 is 0. The summed E-state index contributed by atoms with van der Waals surface area (Å²) in [6.45, 7) is 1.98. The molecule has 1 aromatic carbocycles. The number of hydrogen-bond acceptors (Lipinski definition) is 3. The Morgan fingerprint density at radius 1 is 1.41 bits per heavy atom. The number of aromatic nitrogens is 1. The van der Waals surface area contributed by atoms with E-state index in [2.05, 4.69) is 10.3 Å². The molecule has 0 saturated carbocycles. The van der Waals surface area contributed by atoms with E-state index < -0.39 is 0 Å². The fourth-order valence-corrected chi connectivity index (χ4v) is 1.55. The van der Waals surface area contributed by atoms with Crippen LogP contribution in [-0.4, -0.2) is 12.0 Å². The number of rotatable bonds is 4. The minimum Gasteiger partial charge on any atom is -0.444 e. The zero-order valence-electron chi connectivity index (χ0n) is 9.90. The Morgan fingerprint density at radius 3 is 2.88 bits per heavy atom. The molecule has 0 amide bonds. The summed E-state index contributed by atoms with van der Waals surface area (Å²) in [4.78, 5) is 4.15. The summed E-state index contributed by atoms with van der Waals surface area (Å²) < 4.78 is 19.0. The predicted octanol–water partition coefficient (Wildman–Crippen LogP) is 2.68. The molecule has 0 aliphatic heterocycles. The van der Waals surface area contributed by atoms with Gasteiger partial charge in [-0.3, -0.25) is 0 Å². The molecule has 0 aliphatic rings. The van der Waals surface area contributed by atoms with Crippen LogP contribution in [0.25, 0.3) is 0 Å². The molecule has 0 saturated heterocycles. The minimum absolute atomic E-state index is 0.108. The van der Waals surface area contributed by atoms with Crippen molar-refractivity contribution in [3.63, 3.8) is 0 Å². The van der Waals surface area contributed by atoms with Crippen molar-refractivity contribution in [2.75, 3.05) is 7.05 Å². The van der Waals surface area contributed by atoms with Crippen LogP contribution < -0.4 is 5.32 Å². The van der Waals surface area contributed by atoms with Crippen molar-refractivity contribution in [3.8, 4) is 0 Å². The molecule has 1 N–H and O–H groups in total. The number of nitrogens with one attached hydrogen (secondary N) is 1. The van der Waals surface area contributed by atoms with E-state index in [4.69, 9.17) is 4.42 Å². The predicted molar refractivity (Wildman–Crippen MR) is 63.2 cm³/mol. The lowest BCUT2D eigenvalue weighted by Crippen LogP contribution is -2.11. The van der Waals surface area contributed by atoms with Crippen LogP contribution in [0.4, 0.5) is 4.39 Å². The molecule has 0 bridgehead atoms. The lowest BCUT2D eigenvalue weighted by Gasteiger charge is -2.04. The third kappa shape index (κ3) is 2.71. The maximum atomic E-state index is 13.4. The summed E-state index contributed by atoms with van der Waals surface area (Å²) in [5.74, 6) is 1.07. The van der Waals surface area contributed by atoms with Crippen molar-refractivity contribution in [2.45, 2.75) is 19.4 Å². The number of hydrogen-bond donors (Lipinski definition) is 1. The molecule has 1 atom stereocenters. The molecule has 0 radical (unpaired) electrons. The maximum Gasteiger partial charge on any atom is 0.198 e. The average molecular weight is 234 g/mol. The van der Waals surface area contributed by atoms with E-state index in [0.717, 1.165) is 5.76 Å². The van der Waals surface area contributed by atoms with E-state index >= 15 is 0 Å². The third-order valence-electron chi connectivity index (χ3n) is 2.73. The molecule has 90 valence electrons. The van der Waals surface area contributed by atoms with Crippen molar-refractivity contribution in [1.29, 1.82) is 0 Å². The highest BCUT2D eigenvalue weighted by atomic mass is 19.1. The fraction of sp³-hybridized carbons (Fsp3) is 0.308. The first kappa shape index (κ1) is 11.8. The van der Waals surface area contributed by atoms with Gasteiger partial charge in [-0.05, 0) is 25.6 Å². The minimum atomic E-state index is -0.228. The van der Waals surface area contributed by atoms with Crippen molar-refractivity contribution >= 4 is 0 Å². The van der Waals surface area contributed by atoms with Crippen LogP contribution in [0.15, 0.2) is 34.9 Å². The second-order valence-corrected chi connectivity index (χ2v) is 3.93. The lowest BCUT2D eigenvalue weighted by atomic mass is 10.1. The Kier molecular flexibility index (Phi) is 3.54. The number of oxazole rings is 1.